The molecule has 0 aliphatic carbocycles. The molecule has 0 radical (unpaired) electrons. The summed E-state index contributed by atoms with van der Waals surface area (Å²) >= 11 is 0. The summed E-state index contributed by atoms with van der Waals surface area (Å²) in [5.74, 6) is 0. The van der Waals surface area contributed by atoms with Gasteiger partial charge in [-0.2, -0.15) is 18.4 Å². The lowest BCUT2D eigenvalue weighted by Crippen LogP contribution is -2.17. The first-order valence-corrected chi connectivity index (χ1v) is 7.56. The lowest BCUT2D eigenvalue weighted by Gasteiger charge is -2.11. The molecule has 0 aliphatic heterocycles. The number of hydrogen-bond donors (Lipinski definition) is 0. The van der Waals surface area contributed by atoms with Gasteiger partial charge in [0.15, 0.2) is 5.71 Å². The Balaban J connectivity index is 3.38. The van der Waals surface area contributed by atoms with Crippen LogP contribution in [-0.4, -0.2) is 16.8 Å². The smallest absolute Gasteiger partial charge is 0.200 e. The van der Waals surface area contributed by atoms with E-state index in [-0.39, 0.29) is 5.56 Å². The van der Waals surface area contributed by atoms with E-state index < -0.39 is 11.7 Å². The topological polar surface area (TPSA) is 26.8 Å². The van der Waals surface area contributed by atoms with Crippen molar-refractivity contribution in [3.05, 3.63) is 29.3 Å². The van der Waals surface area contributed by atoms with Crippen molar-refractivity contribution < 1.29 is 17.7 Å². The van der Waals surface area contributed by atoms with Crippen LogP contribution >= 0.6 is 0 Å². The summed E-state index contributed by atoms with van der Waals surface area (Å²) < 4.78 is 41.2. The third-order valence-corrected chi connectivity index (χ3v) is 3.55. The van der Waals surface area contributed by atoms with E-state index >= 15 is 0 Å². The Bertz CT molecular complexity index is 581. The minimum atomic E-state index is -4.52. The van der Waals surface area contributed by atoms with Gasteiger partial charge in [-0.1, -0.05) is 20.3 Å². The molecule has 1 aromatic rings. The van der Waals surface area contributed by atoms with Crippen LogP contribution in [0.15, 0.2) is 18.2 Å². The highest BCUT2D eigenvalue weighted by molar-refractivity contribution is 5.78. The highest BCUT2D eigenvalue weighted by Gasteiger charge is 2.35. The van der Waals surface area contributed by atoms with Crippen molar-refractivity contribution in [1.82, 2.24) is 0 Å². The van der Waals surface area contributed by atoms with E-state index in [1.165, 1.54) is 6.07 Å². The molecule has 1 rings (SSSR count). The van der Waals surface area contributed by atoms with Crippen molar-refractivity contribution in [3.63, 3.8) is 0 Å². The number of hydrogen-bond acceptors (Lipinski definition) is 1. The van der Waals surface area contributed by atoms with Gasteiger partial charge in [-0.25, -0.2) is 4.58 Å². The Morgan fingerprint density at radius 1 is 1.23 bits per heavy atom. The molecule has 0 atom stereocenters. The fourth-order valence-electron chi connectivity index (χ4n) is 2.39. The molecule has 0 aliphatic rings. The molecule has 22 heavy (non-hydrogen) atoms. The van der Waals surface area contributed by atoms with E-state index in [0.717, 1.165) is 37.5 Å². The maximum atomic E-state index is 13.1. The second-order valence-electron chi connectivity index (χ2n) is 5.33. The van der Waals surface area contributed by atoms with Crippen molar-refractivity contribution in [2.45, 2.75) is 52.6 Å². The minimum Gasteiger partial charge on any atom is -0.200 e. The highest BCUT2D eigenvalue weighted by atomic mass is 19.4. The monoisotopic (exact) mass is 311 g/mol. The molecule has 0 N–H and O–H groups in total. The molecule has 0 bridgehead atoms. The van der Waals surface area contributed by atoms with Crippen LogP contribution in [0.3, 0.4) is 0 Å². The first-order chi connectivity index (χ1) is 10.3. The molecule has 0 heterocycles. The third kappa shape index (κ3) is 4.59. The number of nitriles is 1. The average molecular weight is 311 g/mol. The molecule has 0 spiro atoms. The first kappa shape index (κ1) is 18.2. The van der Waals surface area contributed by atoms with Crippen LogP contribution in [0.1, 0.15) is 57.6 Å². The molecule has 0 fully saturated rings. The predicted octanol–water partition coefficient (Wildman–Crippen LogP) is 5.28. The molecular weight excluding hydrogens is 289 g/mol. The van der Waals surface area contributed by atoms with E-state index in [4.69, 9.17) is 5.26 Å². The largest absolute Gasteiger partial charge is 0.417 e. The number of nitrogens with zero attached hydrogens (tertiary/aromatic N) is 2. The Kier molecular flexibility index (Phi) is 6.61. The molecule has 0 saturated carbocycles. The predicted molar refractivity (Wildman–Crippen MR) is 81.4 cm³/mol. The van der Waals surface area contributed by atoms with Gasteiger partial charge in [-0.05, 0) is 12.5 Å². The molecule has 2 nitrogen and oxygen atoms in total. The summed E-state index contributed by atoms with van der Waals surface area (Å²) in [5.41, 5.74) is 0.359. The Morgan fingerprint density at radius 3 is 2.41 bits per heavy atom. The number of alkyl halides is 3. The Hall–Kier alpha value is -1.83. The minimum absolute atomic E-state index is 0.333. The van der Waals surface area contributed by atoms with Crippen molar-refractivity contribution in [2.24, 2.45) is 0 Å². The van der Waals surface area contributed by atoms with Gasteiger partial charge in [0.05, 0.1) is 17.2 Å². The van der Waals surface area contributed by atoms with E-state index in [1.807, 2.05) is 25.3 Å². The second kappa shape index (κ2) is 7.98. The van der Waals surface area contributed by atoms with Gasteiger partial charge < -0.3 is 0 Å². The second-order valence-corrected chi connectivity index (χ2v) is 5.33. The molecule has 0 amide bonds. The van der Waals surface area contributed by atoms with Gasteiger partial charge in [-0.3, -0.25) is 0 Å². The average Bonchev–Trinajstić information content (AvgIpc) is 2.47. The summed E-state index contributed by atoms with van der Waals surface area (Å²) in [6, 6.07) is 5.57. The number of benzene rings is 1. The quantitative estimate of drug-likeness (QED) is 0.518. The summed E-state index contributed by atoms with van der Waals surface area (Å²) in [7, 11) is 0. The van der Waals surface area contributed by atoms with Gasteiger partial charge >= 0.3 is 6.18 Å². The van der Waals surface area contributed by atoms with Crippen molar-refractivity contribution in [1.29, 1.82) is 5.26 Å². The van der Waals surface area contributed by atoms with Gasteiger partial charge in [0.2, 0.25) is 5.69 Å². The Morgan fingerprint density at radius 2 is 1.91 bits per heavy atom. The zero-order chi connectivity index (χ0) is 16.8. The summed E-state index contributed by atoms with van der Waals surface area (Å²) in [6.07, 6.45) is -0.862. The van der Waals surface area contributed by atoms with Crippen molar-refractivity contribution in [3.8, 4) is 6.07 Å². The highest BCUT2D eigenvalue weighted by Crippen LogP contribution is 2.34. The van der Waals surface area contributed by atoms with Gasteiger partial charge in [-0.15, -0.1) is 0 Å². The van der Waals surface area contributed by atoms with Gasteiger partial charge in [0.1, 0.15) is 6.54 Å². The standard InChI is InChI=1S/C17H22F3N2/c1-4-6-10-22(13(3)7-5-2)15-9-8-14(12-21)16(11-15)17(18,19)20/h8-9,11H,4-7,10H2,1-3H3/q+1. The van der Waals surface area contributed by atoms with Crippen molar-refractivity contribution in [2.75, 3.05) is 6.54 Å². The maximum Gasteiger partial charge on any atom is 0.417 e. The van der Waals surface area contributed by atoms with Gasteiger partial charge in [0.25, 0.3) is 0 Å². The van der Waals surface area contributed by atoms with E-state index in [0.29, 0.717) is 12.2 Å². The zero-order valence-corrected chi connectivity index (χ0v) is 13.3. The zero-order valence-electron chi connectivity index (χ0n) is 13.3. The lowest BCUT2D eigenvalue weighted by atomic mass is 10.1. The lowest BCUT2D eigenvalue weighted by molar-refractivity contribution is -0.443. The third-order valence-electron chi connectivity index (χ3n) is 3.55. The molecule has 0 unspecified atom stereocenters. The van der Waals surface area contributed by atoms with Crippen molar-refractivity contribution >= 4 is 11.4 Å². The van der Waals surface area contributed by atoms with E-state index in [2.05, 4.69) is 0 Å². The van der Waals surface area contributed by atoms with Crippen LogP contribution in [-0.2, 0) is 6.18 Å². The molecule has 0 aromatic heterocycles. The first-order valence-electron chi connectivity index (χ1n) is 7.56. The number of halogens is 3. The summed E-state index contributed by atoms with van der Waals surface area (Å²) in [5, 5.41) is 8.88. The van der Waals surface area contributed by atoms with Gasteiger partial charge in [0, 0.05) is 31.9 Å². The fourth-order valence-corrected chi connectivity index (χ4v) is 2.39. The summed E-state index contributed by atoms with van der Waals surface area (Å²) in [6.45, 7) is 6.73. The maximum absolute atomic E-state index is 13.1. The summed E-state index contributed by atoms with van der Waals surface area (Å²) in [4.78, 5) is 0. The van der Waals surface area contributed by atoms with Crippen LogP contribution < -0.4 is 0 Å². The van der Waals surface area contributed by atoms with Crippen LogP contribution in [0.25, 0.3) is 0 Å². The molecule has 0 saturated heterocycles. The van der Waals surface area contributed by atoms with E-state index in [1.54, 1.807) is 12.1 Å². The fraction of sp³-hybridized carbons (Fsp3) is 0.529. The van der Waals surface area contributed by atoms with E-state index in [9.17, 15) is 13.2 Å². The number of unbranched alkanes of at least 4 members (excludes halogenated alkanes) is 1. The number of rotatable bonds is 6. The normalized spacial score (nSPS) is 12.8. The Labute approximate surface area is 129 Å². The molecule has 120 valence electrons. The molecular formula is C17H22F3N2+. The van der Waals surface area contributed by atoms with Crippen LogP contribution in [0.5, 0.6) is 0 Å². The SMILES string of the molecule is CCCC[N+](=C(C)CCC)c1ccc(C#N)c(C(F)(F)F)c1. The molecule has 5 heteroatoms. The molecule has 1 aromatic carbocycles. The van der Waals surface area contributed by atoms with Crippen LogP contribution in [0.4, 0.5) is 18.9 Å². The van der Waals surface area contributed by atoms with Crippen LogP contribution in [0.2, 0.25) is 0 Å². The van der Waals surface area contributed by atoms with Crippen LogP contribution in [0, 0.1) is 11.3 Å².